The zero-order chi connectivity index (χ0) is 14.2. The normalized spacial score (nSPS) is 16.3. The fourth-order valence-corrected chi connectivity index (χ4v) is 1.81. The molecule has 1 rings (SSSR count). The van der Waals surface area contributed by atoms with Crippen molar-refractivity contribution >= 4 is 35.1 Å². The number of likely N-dealkylation sites (N-methyl/N-ethyl adjacent to an activating group) is 1. The summed E-state index contributed by atoms with van der Waals surface area (Å²) < 4.78 is 1.14. The van der Waals surface area contributed by atoms with E-state index >= 15 is 0 Å². The highest BCUT2D eigenvalue weighted by Crippen LogP contribution is 1.99. The summed E-state index contributed by atoms with van der Waals surface area (Å²) in [6.45, 7) is 4.26. The molecule has 18 heavy (non-hydrogen) atoms. The maximum Gasteiger partial charge on any atom is 0.133 e. The third-order valence-corrected chi connectivity index (χ3v) is 2.76. The molecule has 0 atom stereocenters. The second-order valence-electron chi connectivity index (χ2n) is 5.19. The van der Waals surface area contributed by atoms with Crippen LogP contribution in [0.5, 0.6) is 0 Å². The highest BCUT2D eigenvalue weighted by Gasteiger charge is 2.07. The van der Waals surface area contributed by atoms with Crippen LogP contribution in [0.25, 0.3) is 0 Å². The van der Waals surface area contributed by atoms with Gasteiger partial charge in [0.1, 0.15) is 10.9 Å². The first-order valence-electron chi connectivity index (χ1n) is 5.91. The summed E-state index contributed by atoms with van der Waals surface area (Å²) in [6, 6.07) is 0. The highest BCUT2D eigenvalue weighted by atomic mass is 32.1. The van der Waals surface area contributed by atoms with Gasteiger partial charge in [0, 0.05) is 19.6 Å². The number of carbonyl (C=O) groups excluding carboxylic acids is 1. The van der Waals surface area contributed by atoms with E-state index in [1.165, 1.54) is 6.42 Å². The predicted octanol–water partition coefficient (Wildman–Crippen LogP) is -1.06. The number of thiocarbonyl (C=S) groups is 1. The van der Waals surface area contributed by atoms with Crippen LogP contribution in [0.4, 0.5) is 0 Å². The van der Waals surface area contributed by atoms with Crippen molar-refractivity contribution in [3.05, 3.63) is 0 Å². The molecule has 1 N–H and O–H groups in total. The lowest BCUT2D eigenvalue weighted by atomic mass is 10.4. The number of carboxylic acids is 1. The van der Waals surface area contributed by atoms with Gasteiger partial charge in [-0.05, 0) is 13.0 Å². The SMILES string of the molecule is C[N+](C)(C)CC(=O)[O-].S=C(S)N1CCCNCC1. The number of nitrogens with one attached hydrogen (secondary N) is 1. The van der Waals surface area contributed by atoms with Crippen molar-refractivity contribution in [1.29, 1.82) is 0 Å². The Morgan fingerprint density at radius 2 is 2.00 bits per heavy atom. The maximum absolute atomic E-state index is 9.89. The number of carboxylic acid groups (broad SMARTS) is 1. The van der Waals surface area contributed by atoms with Crippen LogP contribution in [-0.4, -0.2) is 73.5 Å². The molecule has 0 bridgehead atoms. The summed E-state index contributed by atoms with van der Waals surface area (Å²) >= 11 is 9.06. The molecular formula is C11H23N3O2S2. The highest BCUT2D eigenvalue weighted by molar-refractivity contribution is 8.10. The molecule has 1 aliphatic heterocycles. The molecular weight excluding hydrogens is 270 g/mol. The molecule has 0 saturated carbocycles. The van der Waals surface area contributed by atoms with E-state index in [1.807, 2.05) is 0 Å². The first-order chi connectivity index (χ1) is 8.22. The summed E-state index contributed by atoms with van der Waals surface area (Å²) in [4.78, 5) is 12.0. The van der Waals surface area contributed by atoms with Gasteiger partial charge in [-0.1, -0.05) is 12.2 Å². The van der Waals surface area contributed by atoms with Gasteiger partial charge in [0.05, 0.1) is 27.1 Å². The molecule has 1 heterocycles. The fraction of sp³-hybridized carbons (Fsp3) is 0.818. The number of quaternary nitrogens is 1. The third-order valence-electron chi connectivity index (χ3n) is 2.21. The van der Waals surface area contributed by atoms with Crippen molar-refractivity contribution in [3.63, 3.8) is 0 Å². The average molecular weight is 293 g/mol. The Balaban J connectivity index is 0.000000331. The molecule has 0 radical (unpaired) electrons. The summed E-state index contributed by atoms with van der Waals surface area (Å²) in [7, 11) is 5.40. The minimum absolute atomic E-state index is 0.0694. The van der Waals surface area contributed by atoms with Crippen LogP contribution in [0, 0.1) is 0 Å². The molecule has 0 aliphatic carbocycles. The van der Waals surface area contributed by atoms with Crippen molar-refractivity contribution in [1.82, 2.24) is 10.2 Å². The van der Waals surface area contributed by atoms with Gasteiger partial charge in [-0.3, -0.25) is 0 Å². The lowest BCUT2D eigenvalue weighted by Crippen LogP contribution is -2.45. The van der Waals surface area contributed by atoms with Crippen LogP contribution in [0.2, 0.25) is 0 Å². The van der Waals surface area contributed by atoms with Crippen LogP contribution in [0.1, 0.15) is 6.42 Å². The van der Waals surface area contributed by atoms with Crippen molar-refractivity contribution < 1.29 is 14.4 Å². The second kappa shape index (κ2) is 8.68. The Hall–Kier alpha value is -0.370. The number of carbonyl (C=O) groups is 1. The Morgan fingerprint density at radius 3 is 2.39 bits per heavy atom. The van der Waals surface area contributed by atoms with Gasteiger partial charge in [-0.25, -0.2) is 0 Å². The summed E-state index contributed by atoms with van der Waals surface area (Å²) in [6.07, 6.45) is 1.17. The molecule has 0 amide bonds. The quantitative estimate of drug-likeness (QED) is 0.386. The van der Waals surface area contributed by atoms with E-state index in [9.17, 15) is 9.90 Å². The molecule has 0 aromatic heterocycles. The molecule has 0 aromatic rings. The molecule has 0 aromatic carbocycles. The average Bonchev–Trinajstić information content (AvgIpc) is 2.41. The van der Waals surface area contributed by atoms with E-state index < -0.39 is 5.97 Å². The third kappa shape index (κ3) is 10.8. The minimum Gasteiger partial charge on any atom is -0.544 e. The summed E-state index contributed by atoms with van der Waals surface area (Å²) in [5.74, 6) is -1.00. The number of thiol groups is 1. The van der Waals surface area contributed by atoms with Gasteiger partial charge in [0.2, 0.25) is 0 Å². The van der Waals surface area contributed by atoms with E-state index in [0.29, 0.717) is 4.48 Å². The van der Waals surface area contributed by atoms with Crippen LogP contribution in [0.15, 0.2) is 0 Å². The Morgan fingerprint density at radius 1 is 1.39 bits per heavy atom. The van der Waals surface area contributed by atoms with Gasteiger partial charge in [-0.15, -0.1) is 12.6 Å². The zero-order valence-electron chi connectivity index (χ0n) is 11.3. The standard InChI is InChI=1S/C6H12N2S2.C5H11NO2/c9-6(10)8-4-1-2-7-3-5-8;1-6(2,3)4-5(7)8/h7H,1-5H2,(H,9,10);4H2,1-3H3. The molecule has 0 spiro atoms. The predicted molar refractivity (Wildman–Crippen MR) is 78.6 cm³/mol. The lowest BCUT2D eigenvalue weighted by molar-refractivity contribution is -0.864. The second-order valence-corrected chi connectivity index (χ2v) is 6.31. The van der Waals surface area contributed by atoms with E-state index in [1.54, 1.807) is 21.1 Å². The van der Waals surface area contributed by atoms with Crippen LogP contribution in [0.3, 0.4) is 0 Å². The molecule has 1 aliphatic rings. The number of hydrogen-bond acceptors (Lipinski definition) is 4. The minimum atomic E-state index is -1.00. The molecule has 5 nitrogen and oxygen atoms in total. The van der Waals surface area contributed by atoms with Gasteiger partial charge < -0.3 is 24.6 Å². The molecule has 1 saturated heterocycles. The largest absolute Gasteiger partial charge is 0.544 e. The van der Waals surface area contributed by atoms with Gasteiger partial charge in [0.15, 0.2) is 0 Å². The summed E-state index contributed by atoms with van der Waals surface area (Å²) in [5, 5.41) is 13.2. The first kappa shape index (κ1) is 17.6. The number of nitrogens with zero attached hydrogens (tertiary/aromatic N) is 2. The Labute approximate surface area is 120 Å². The van der Waals surface area contributed by atoms with Crippen LogP contribution >= 0.6 is 24.8 Å². The van der Waals surface area contributed by atoms with Crippen molar-refractivity contribution in [2.45, 2.75) is 6.42 Å². The number of aliphatic carboxylic acids is 1. The maximum atomic E-state index is 9.89. The van der Waals surface area contributed by atoms with Crippen LogP contribution in [-0.2, 0) is 4.79 Å². The van der Waals surface area contributed by atoms with E-state index in [0.717, 1.165) is 30.5 Å². The first-order valence-corrected chi connectivity index (χ1v) is 6.77. The van der Waals surface area contributed by atoms with Crippen molar-refractivity contribution in [3.8, 4) is 0 Å². The zero-order valence-corrected chi connectivity index (χ0v) is 13.0. The lowest BCUT2D eigenvalue weighted by Gasteiger charge is -2.23. The van der Waals surface area contributed by atoms with E-state index in [4.69, 9.17) is 12.2 Å². The topological polar surface area (TPSA) is 55.4 Å². The van der Waals surface area contributed by atoms with Crippen molar-refractivity contribution in [2.75, 3.05) is 53.9 Å². The smallest absolute Gasteiger partial charge is 0.133 e. The monoisotopic (exact) mass is 293 g/mol. The number of rotatable bonds is 2. The number of hydrogen-bond donors (Lipinski definition) is 2. The molecule has 7 heteroatoms. The van der Waals surface area contributed by atoms with Crippen molar-refractivity contribution in [2.24, 2.45) is 0 Å². The molecule has 106 valence electrons. The molecule has 0 unspecified atom stereocenters. The Kier molecular flexibility index (Phi) is 8.51. The van der Waals surface area contributed by atoms with Gasteiger partial charge in [-0.2, -0.15) is 0 Å². The van der Waals surface area contributed by atoms with Crippen LogP contribution < -0.4 is 10.4 Å². The Bertz CT molecular complexity index is 272. The summed E-state index contributed by atoms with van der Waals surface area (Å²) in [5.41, 5.74) is 0. The van der Waals surface area contributed by atoms with Gasteiger partial charge >= 0.3 is 0 Å². The van der Waals surface area contributed by atoms with Gasteiger partial charge in [0.25, 0.3) is 0 Å². The molecule has 1 fully saturated rings. The van der Waals surface area contributed by atoms with E-state index in [-0.39, 0.29) is 6.54 Å². The van der Waals surface area contributed by atoms with E-state index in [2.05, 4.69) is 22.8 Å². The fourth-order valence-electron chi connectivity index (χ4n) is 1.42.